The van der Waals surface area contributed by atoms with E-state index >= 15 is 0 Å². The largest absolute Gasteiger partial charge is 0.429 e. The van der Waals surface area contributed by atoms with E-state index in [1.165, 1.54) is 24.5 Å². The van der Waals surface area contributed by atoms with Crippen LogP contribution in [0.25, 0.3) is 0 Å². The second-order valence-electron chi connectivity index (χ2n) is 4.26. The van der Waals surface area contributed by atoms with Crippen molar-refractivity contribution in [3.8, 4) is 0 Å². The highest BCUT2D eigenvalue weighted by atomic mass is 16.6. The predicted molar refractivity (Wildman–Crippen MR) is 66.8 cm³/mol. The first kappa shape index (κ1) is 17.4. The number of rotatable bonds is 7. The maximum Gasteiger partial charge on any atom is 0.342 e. The minimum atomic E-state index is -2.15. The number of aromatic nitrogens is 1. The van der Waals surface area contributed by atoms with Crippen molar-refractivity contribution in [3.63, 3.8) is 0 Å². The second-order valence-corrected chi connectivity index (χ2v) is 4.26. The van der Waals surface area contributed by atoms with Crippen LogP contribution in [0.1, 0.15) is 10.4 Å². The van der Waals surface area contributed by atoms with Crippen LogP contribution in [0.2, 0.25) is 0 Å². The van der Waals surface area contributed by atoms with Crippen LogP contribution in [0, 0.1) is 0 Å². The molecule has 21 heavy (non-hydrogen) atoms. The molecule has 0 saturated heterocycles. The van der Waals surface area contributed by atoms with Crippen LogP contribution in [0.4, 0.5) is 0 Å². The molecule has 118 valence electrons. The van der Waals surface area contributed by atoms with E-state index in [1.54, 1.807) is 0 Å². The van der Waals surface area contributed by atoms with E-state index in [0.717, 1.165) is 0 Å². The quantitative estimate of drug-likeness (QED) is 0.228. The lowest BCUT2D eigenvalue weighted by Gasteiger charge is -2.27. The predicted octanol–water partition coefficient (Wildman–Crippen LogP) is -3.01. The maximum atomic E-state index is 11.6. The second kappa shape index (κ2) is 7.98. The van der Waals surface area contributed by atoms with Crippen molar-refractivity contribution >= 4 is 5.97 Å². The van der Waals surface area contributed by atoms with Crippen LogP contribution in [-0.2, 0) is 4.74 Å². The fourth-order valence-corrected chi connectivity index (χ4v) is 1.44. The Bertz CT molecular complexity index is 442. The van der Waals surface area contributed by atoms with Gasteiger partial charge in [-0.2, -0.15) is 0 Å². The Balaban J connectivity index is 2.62. The summed E-state index contributed by atoms with van der Waals surface area (Å²) in [6.45, 7) is -0.865. The monoisotopic (exact) mass is 303 g/mol. The van der Waals surface area contributed by atoms with Crippen LogP contribution in [0.5, 0.6) is 0 Å². The topological polar surface area (TPSA) is 161 Å². The summed E-state index contributed by atoms with van der Waals surface area (Å²) in [7, 11) is 0. The Hall–Kier alpha value is -1.62. The van der Waals surface area contributed by atoms with Gasteiger partial charge in [-0.05, 0) is 12.1 Å². The Kier molecular flexibility index (Phi) is 6.62. The standard InChI is InChI=1S/C12H17NO8/c14-5-7(15)8(16)9(17)10(18)12(20)21-11(19)6-2-1-3-13-4-6/h1-4,7-10,12,14-18,20H,5H2/t7-,8+,9+,10+,12?/m0/s1. The highest BCUT2D eigenvalue weighted by molar-refractivity contribution is 5.88. The zero-order chi connectivity index (χ0) is 16.0. The van der Waals surface area contributed by atoms with Crippen LogP contribution in [0.3, 0.4) is 0 Å². The number of hydrogen-bond donors (Lipinski definition) is 6. The summed E-state index contributed by atoms with van der Waals surface area (Å²) < 4.78 is 4.49. The molecule has 1 rings (SSSR count). The zero-order valence-corrected chi connectivity index (χ0v) is 10.9. The molecule has 0 fully saturated rings. The average Bonchev–Trinajstić information content (AvgIpc) is 2.52. The smallest absolute Gasteiger partial charge is 0.342 e. The molecule has 9 heteroatoms. The highest BCUT2D eigenvalue weighted by Gasteiger charge is 2.35. The van der Waals surface area contributed by atoms with Gasteiger partial charge in [-0.1, -0.05) is 0 Å². The van der Waals surface area contributed by atoms with Gasteiger partial charge in [0.15, 0.2) is 0 Å². The Morgan fingerprint density at radius 1 is 1.14 bits per heavy atom. The van der Waals surface area contributed by atoms with E-state index in [9.17, 15) is 25.2 Å². The molecular formula is C12H17NO8. The molecule has 1 heterocycles. The number of aliphatic hydroxyl groups excluding tert-OH is 6. The van der Waals surface area contributed by atoms with Crippen molar-refractivity contribution in [2.75, 3.05) is 6.61 Å². The average molecular weight is 303 g/mol. The van der Waals surface area contributed by atoms with Crippen LogP contribution in [-0.4, -0.2) is 78.9 Å². The van der Waals surface area contributed by atoms with Crippen molar-refractivity contribution in [1.82, 2.24) is 4.98 Å². The third-order valence-corrected chi connectivity index (χ3v) is 2.70. The van der Waals surface area contributed by atoms with Gasteiger partial charge in [0.2, 0.25) is 6.29 Å². The summed E-state index contributed by atoms with van der Waals surface area (Å²) in [6, 6.07) is 2.81. The molecule has 0 bridgehead atoms. The summed E-state index contributed by atoms with van der Waals surface area (Å²) >= 11 is 0. The first-order chi connectivity index (χ1) is 9.88. The van der Waals surface area contributed by atoms with E-state index in [0.29, 0.717) is 0 Å². The fraction of sp³-hybridized carbons (Fsp3) is 0.500. The summed E-state index contributed by atoms with van der Waals surface area (Å²) in [5, 5.41) is 55.7. The van der Waals surface area contributed by atoms with Crippen LogP contribution >= 0.6 is 0 Å². The highest BCUT2D eigenvalue weighted by Crippen LogP contribution is 2.11. The Labute approximate surface area is 119 Å². The number of carbonyl (C=O) groups excluding carboxylic acids is 1. The van der Waals surface area contributed by atoms with Gasteiger partial charge in [-0.3, -0.25) is 4.98 Å². The van der Waals surface area contributed by atoms with Gasteiger partial charge in [0.05, 0.1) is 12.2 Å². The van der Waals surface area contributed by atoms with Gasteiger partial charge in [0, 0.05) is 12.4 Å². The lowest BCUT2D eigenvalue weighted by atomic mass is 10.0. The molecule has 5 atom stereocenters. The lowest BCUT2D eigenvalue weighted by Crippen LogP contribution is -2.50. The third kappa shape index (κ3) is 4.70. The number of aliphatic hydroxyl groups is 6. The fourth-order valence-electron chi connectivity index (χ4n) is 1.44. The third-order valence-electron chi connectivity index (χ3n) is 2.70. The molecular weight excluding hydrogens is 286 g/mol. The Morgan fingerprint density at radius 3 is 2.33 bits per heavy atom. The van der Waals surface area contributed by atoms with Crippen molar-refractivity contribution in [3.05, 3.63) is 30.1 Å². The van der Waals surface area contributed by atoms with Crippen LogP contribution < -0.4 is 0 Å². The summed E-state index contributed by atoms with van der Waals surface area (Å²) in [5.74, 6) is -1.00. The number of ether oxygens (including phenoxy) is 1. The molecule has 1 aromatic rings. The molecule has 0 spiro atoms. The van der Waals surface area contributed by atoms with Crippen molar-refractivity contribution < 1.29 is 40.2 Å². The molecule has 1 unspecified atom stereocenters. The molecule has 6 N–H and O–H groups in total. The number of hydrogen-bond acceptors (Lipinski definition) is 9. The summed E-state index contributed by atoms with van der Waals surface area (Å²) in [4.78, 5) is 15.2. The van der Waals surface area contributed by atoms with Gasteiger partial charge in [-0.15, -0.1) is 0 Å². The summed E-state index contributed by atoms with van der Waals surface area (Å²) in [5.41, 5.74) is 0.00850. The number of carbonyl (C=O) groups is 1. The lowest BCUT2D eigenvalue weighted by molar-refractivity contribution is -0.191. The summed E-state index contributed by atoms with van der Waals surface area (Å²) in [6.07, 6.45) is -7.34. The zero-order valence-electron chi connectivity index (χ0n) is 10.9. The van der Waals surface area contributed by atoms with E-state index in [4.69, 9.17) is 10.2 Å². The number of pyridine rings is 1. The minimum Gasteiger partial charge on any atom is -0.429 e. The number of esters is 1. The van der Waals surface area contributed by atoms with Gasteiger partial charge >= 0.3 is 5.97 Å². The van der Waals surface area contributed by atoms with Gasteiger partial charge in [0.1, 0.15) is 24.4 Å². The van der Waals surface area contributed by atoms with Crippen molar-refractivity contribution in [1.29, 1.82) is 0 Å². The van der Waals surface area contributed by atoms with Gasteiger partial charge in [-0.25, -0.2) is 4.79 Å². The molecule has 1 aromatic heterocycles. The van der Waals surface area contributed by atoms with Crippen molar-refractivity contribution in [2.24, 2.45) is 0 Å². The first-order valence-corrected chi connectivity index (χ1v) is 6.00. The minimum absolute atomic E-state index is 0.00850. The molecule has 0 aromatic carbocycles. The van der Waals surface area contributed by atoms with Crippen molar-refractivity contribution in [2.45, 2.75) is 30.7 Å². The normalized spacial score (nSPS) is 18.4. The van der Waals surface area contributed by atoms with E-state index in [-0.39, 0.29) is 5.56 Å². The molecule has 0 aliphatic heterocycles. The van der Waals surface area contributed by atoms with E-state index < -0.39 is 43.3 Å². The molecule has 9 nitrogen and oxygen atoms in total. The van der Waals surface area contributed by atoms with Gasteiger partial charge in [0.25, 0.3) is 0 Å². The number of nitrogens with zero attached hydrogens (tertiary/aromatic N) is 1. The molecule has 0 saturated carbocycles. The molecule has 0 aliphatic rings. The first-order valence-electron chi connectivity index (χ1n) is 6.00. The maximum absolute atomic E-state index is 11.6. The molecule has 0 aliphatic carbocycles. The van der Waals surface area contributed by atoms with E-state index in [2.05, 4.69) is 9.72 Å². The van der Waals surface area contributed by atoms with Gasteiger partial charge < -0.3 is 35.4 Å². The van der Waals surface area contributed by atoms with E-state index in [1.807, 2.05) is 0 Å². The SMILES string of the molecule is O=C(OC(O)[C@H](O)[C@H](O)[C@H](O)[C@@H](O)CO)c1cccnc1. The molecule has 0 amide bonds. The molecule has 0 radical (unpaired) electrons. The Morgan fingerprint density at radius 2 is 1.81 bits per heavy atom. The van der Waals surface area contributed by atoms with Crippen LogP contribution in [0.15, 0.2) is 24.5 Å².